The van der Waals surface area contributed by atoms with E-state index < -0.39 is 0 Å². The van der Waals surface area contributed by atoms with Crippen LogP contribution in [0.15, 0.2) is 85.1 Å². The smallest absolute Gasteiger partial charge is 0.141 e. The molecule has 0 aliphatic carbocycles. The molecular weight excluding hydrogens is 458 g/mol. The van der Waals surface area contributed by atoms with Crippen LogP contribution in [0.4, 0.5) is 28.6 Å². The summed E-state index contributed by atoms with van der Waals surface area (Å²) in [5.74, 6) is 1.23. The zero-order chi connectivity index (χ0) is 25.7. The number of hydrogen-bond donors (Lipinski definition) is 1. The lowest BCUT2D eigenvalue weighted by Crippen LogP contribution is -2.24. The maximum Gasteiger partial charge on any atom is 0.141 e. The van der Waals surface area contributed by atoms with Gasteiger partial charge in [0, 0.05) is 24.2 Å². The maximum atomic E-state index is 10.6. The van der Waals surface area contributed by atoms with Crippen LogP contribution in [0.3, 0.4) is 0 Å². The molecule has 1 aliphatic rings. The minimum Gasteiger partial charge on any atom is -0.506 e. The number of phenols is 1. The topological polar surface area (TPSA) is 76.3 Å². The molecule has 5 aromatic rings. The Bertz CT molecular complexity index is 1700. The first kappa shape index (κ1) is 22.6. The Morgan fingerprint density at radius 1 is 0.865 bits per heavy atom. The van der Waals surface area contributed by atoms with Gasteiger partial charge in [0.2, 0.25) is 0 Å². The fourth-order valence-electron chi connectivity index (χ4n) is 5.06. The van der Waals surface area contributed by atoms with E-state index in [0.717, 1.165) is 50.8 Å². The van der Waals surface area contributed by atoms with Crippen molar-refractivity contribution in [1.82, 2.24) is 9.97 Å². The number of anilines is 5. The van der Waals surface area contributed by atoms with Gasteiger partial charge >= 0.3 is 0 Å². The van der Waals surface area contributed by atoms with Gasteiger partial charge in [-0.05, 0) is 60.0 Å². The van der Waals surface area contributed by atoms with Gasteiger partial charge in [0.25, 0.3) is 0 Å². The summed E-state index contributed by atoms with van der Waals surface area (Å²) in [6, 6.07) is 28.0. The fourth-order valence-corrected chi connectivity index (χ4v) is 5.06. The summed E-state index contributed by atoms with van der Waals surface area (Å²) in [6.07, 6.45) is 1.60. The highest BCUT2D eigenvalue weighted by Gasteiger charge is 2.28. The van der Waals surface area contributed by atoms with Gasteiger partial charge in [-0.1, -0.05) is 44.2 Å². The molecule has 0 saturated carbocycles. The molecular formula is C31H25N5O. The van der Waals surface area contributed by atoms with Crippen LogP contribution >= 0.6 is 0 Å². The summed E-state index contributed by atoms with van der Waals surface area (Å²) in [5.41, 5.74) is 8.03. The van der Waals surface area contributed by atoms with Gasteiger partial charge in [-0.2, -0.15) is 5.26 Å². The van der Waals surface area contributed by atoms with Crippen molar-refractivity contribution in [2.45, 2.75) is 19.8 Å². The highest BCUT2D eigenvalue weighted by molar-refractivity contribution is 5.98. The lowest BCUT2D eigenvalue weighted by molar-refractivity contribution is 0.480. The molecule has 37 heavy (non-hydrogen) atoms. The summed E-state index contributed by atoms with van der Waals surface area (Å²) in [7, 11) is 2.06. The second-order valence-corrected chi connectivity index (χ2v) is 9.52. The summed E-state index contributed by atoms with van der Waals surface area (Å²) >= 11 is 0. The molecule has 0 saturated heterocycles. The van der Waals surface area contributed by atoms with Gasteiger partial charge in [-0.3, -0.25) is 4.90 Å². The third kappa shape index (κ3) is 3.64. The summed E-state index contributed by atoms with van der Waals surface area (Å²) < 4.78 is 0. The molecule has 0 amide bonds. The summed E-state index contributed by atoms with van der Waals surface area (Å²) in [5, 5.41) is 20.8. The minimum absolute atomic E-state index is 0.177. The molecule has 0 unspecified atom stereocenters. The Morgan fingerprint density at radius 3 is 2.38 bits per heavy atom. The van der Waals surface area contributed by atoms with Gasteiger partial charge in [0.1, 0.15) is 23.2 Å². The van der Waals surface area contributed by atoms with E-state index in [0.29, 0.717) is 17.0 Å². The van der Waals surface area contributed by atoms with Crippen molar-refractivity contribution in [3.05, 3.63) is 96.2 Å². The van der Waals surface area contributed by atoms with Crippen molar-refractivity contribution in [2.75, 3.05) is 16.8 Å². The first-order valence-corrected chi connectivity index (χ1v) is 12.2. The standard InChI is InChI=1S/C31H25N5O/c1-19(2)22-11-14-29(37)31-23(22)10-12-24(34-31)21-9-13-26-28(16-21)36(30-15-8-20(17-32)18-33-30)27-7-5-4-6-25(27)35(26)3/h4-16,18-19,37H,1-3H3. The van der Waals surface area contributed by atoms with Crippen molar-refractivity contribution >= 4 is 39.5 Å². The van der Waals surface area contributed by atoms with Crippen molar-refractivity contribution in [1.29, 1.82) is 5.26 Å². The second-order valence-electron chi connectivity index (χ2n) is 9.52. The number of pyridine rings is 2. The number of benzene rings is 3. The normalized spacial score (nSPS) is 12.4. The highest BCUT2D eigenvalue weighted by Crippen LogP contribution is 2.51. The quantitative estimate of drug-likeness (QED) is 0.285. The van der Waals surface area contributed by atoms with Gasteiger partial charge in [-0.15, -0.1) is 0 Å². The maximum absolute atomic E-state index is 10.6. The molecule has 2 aromatic heterocycles. The van der Waals surface area contributed by atoms with E-state index in [4.69, 9.17) is 4.98 Å². The van der Waals surface area contributed by atoms with Crippen LogP contribution in [0, 0.1) is 11.3 Å². The van der Waals surface area contributed by atoms with Crippen LogP contribution in [0.2, 0.25) is 0 Å². The largest absolute Gasteiger partial charge is 0.506 e. The molecule has 0 spiro atoms. The first-order chi connectivity index (χ1) is 18.0. The van der Waals surface area contributed by atoms with Crippen LogP contribution < -0.4 is 9.80 Å². The van der Waals surface area contributed by atoms with Gasteiger partial charge in [0.15, 0.2) is 0 Å². The number of hydrogen-bond acceptors (Lipinski definition) is 6. The molecule has 6 rings (SSSR count). The minimum atomic E-state index is 0.177. The highest BCUT2D eigenvalue weighted by atomic mass is 16.3. The fraction of sp³-hybridized carbons (Fsp3) is 0.129. The molecule has 0 atom stereocenters. The Kier molecular flexibility index (Phi) is 5.27. The third-order valence-electron chi connectivity index (χ3n) is 6.96. The third-order valence-corrected chi connectivity index (χ3v) is 6.96. The van der Waals surface area contributed by atoms with Gasteiger partial charge < -0.3 is 10.0 Å². The molecule has 1 N–H and O–H groups in total. The predicted molar refractivity (Wildman–Crippen MR) is 148 cm³/mol. The van der Waals surface area contributed by atoms with Crippen molar-refractivity contribution in [2.24, 2.45) is 0 Å². The summed E-state index contributed by atoms with van der Waals surface area (Å²) in [6.45, 7) is 4.28. The Hall–Kier alpha value is -4.89. The average molecular weight is 484 g/mol. The summed E-state index contributed by atoms with van der Waals surface area (Å²) in [4.78, 5) is 13.8. The molecule has 3 aromatic carbocycles. The van der Waals surface area contributed by atoms with Crippen LogP contribution in [0.25, 0.3) is 22.2 Å². The molecule has 6 heteroatoms. The number of aromatic nitrogens is 2. The molecule has 0 radical (unpaired) electrons. The monoisotopic (exact) mass is 483 g/mol. The number of rotatable bonds is 3. The lowest BCUT2D eigenvalue weighted by Gasteiger charge is -2.38. The number of aromatic hydroxyl groups is 1. The molecule has 180 valence electrons. The van der Waals surface area contributed by atoms with Crippen LogP contribution in [-0.2, 0) is 0 Å². The van der Waals surface area contributed by atoms with Crippen LogP contribution in [0.1, 0.15) is 30.9 Å². The Labute approximate surface area is 215 Å². The number of fused-ring (bicyclic) bond motifs is 3. The first-order valence-electron chi connectivity index (χ1n) is 12.2. The molecule has 0 bridgehead atoms. The van der Waals surface area contributed by atoms with Crippen molar-refractivity contribution in [3.8, 4) is 23.1 Å². The van der Waals surface area contributed by atoms with E-state index >= 15 is 0 Å². The van der Waals surface area contributed by atoms with E-state index in [9.17, 15) is 10.4 Å². The Morgan fingerprint density at radius 2 is 1.65 bits per heavy atom. The van der Waals surface area contributed by atoms with E-state index in [2.05, 4.69) is 72.1 Å². The van der Waals surface area contributed by atoms with Gasteiger partial charge in [-0.25, -0.2) is 9.97 Å². The van der Waals surface area contributed by atoms with Gasteiger partial charge in [0.05, 0.1) is 34.0 Å². The molecule has 1 aliphatic heterocycles. The number of phenolic OH excluding ortho intramolecular Hbond substituents is 1. The lowest BCUT2D eigenvalue weighted by atomic mass is 9.97. The number of para-hydroxylation sites is 2. The zero-order valence-electron chi connectivity index (χ0n) is 20.8. The zero-order valence-corrected chi connectivity index (χ0v) is 20.8. The Balaban J connectivity index is 1.54. The average Bonchev–Trinajstić information content (AvgIpc) is 2.93. The van der Waals surface area contributed by atoms with E-state index in [1.54, 1.807) is 18.3 Å². The van der Waals surface area contributed by atoms with E-state index in [1.165, 1.54) is 0 Å². The van der Waals surface area contributed by atoms with Crippen LogP contribution in [0.5, 0.6) is 5.75 Å². The molecule has 0 fully saturated rings. The predicted octanol–water partition coefficient (Wildman–Crippen LogP) is 7.55. The second kappa shape index (κ2) is 8.65. The van der Waals surface area contributed by atoms with Crippen LogP contribution in [-0.4, -0.2) is 22.1 Å². The van der Waals surface area contributed by atoms with Crippen molar-refractivity contribution < 1.29 is 5.11 Å². The van der Waals surface area contributed by atoms with E-state index in [1.807, 2.05) is 36.4 Å². The van der Waals surface area contributed by atoms with E-state index in [-0.39, 0.29) is 5.75 Å². The van der Waals surface area contributed by atoms with Crippen molar-refractivity contribution in [3.63, 3.8) is 0 Å². The SMILES string of the molecule is CC(C)c1ccc(O)c2nc(-c3ccc4c(c3)N(c3ccc(C#N)cn3)c3ccccc3N4C)ccc12. The molecule has 6 nitrogen and oxygen atoms in total. The number of nitrogens with zero attached hydrogens (tertiary/aromatic N) is 5. The number of nitriles is 1. The molecule has 3 heterocycles.